The summed E-state index contributed by atoms with van der Waals surface area (Å²) in [5, 5.41) is 9.97. The number of halogens is 3. The van der Waals surface area contributed by atoms with E-state index in [9.17, 15) is 18.3 Å². The van der Waals surface area contributed by atoms with Crippen molar-refractivity contribution in [2.45, 2.75) is 31.5 Å². The molecule has 2 rings (SSSR count). The minimum Gasteiger partial charge on any atom is -0.486 e. The first-order chi connectivity index (χ1) is 8.97. The van der Waals surface area contributed by atoms with Crippen LogP contribution in [0.2, 0.25) is 0 Å². The highest BCUT2D eigenvalue weighted by atomic mass is 19.4. The van der Waals surface area contributed by atoms with E-state index >= 15 is 0 Å². The van der Waals surface area contributed by atoms with Gasteiger partial charge in [-0.15, -0.1) is 0 Å². The van der Waals surface area contributed by atoms with Crippen molar-refractivity contribution in [1.82, 2.24) is 0 Å². The predicted molar refractivity (Wildman–Crippen MR) is 62.3 cm³/mol. The zero-order valence-corrected chi connectivity index (χ0v) is 10.2. The van der Waals surface area contributed by atoms with E-state index in [1.54, 1.807) is 18.2 Å². The van der Waals surface area contributed by atoms with Crippen molar-refractivity contribution in [2.24, 2.45) is 0 Å². The van der Waals surface area contributed by atoms with Crippen LogP contribution < -0.4 is 9.47 Å². The van der Waals surface area contributed by atoms with Crippen molar-refractivity contribution in [3.05, 3.63) is 23.8 Å². The highest BCUT2D eigenvalue weighted by molar-refractivity contribution is 5.48. The molecule has 6 heteroatoms. The Bertz CT molecular complexity index is 432. The van der Waals surface area contributed by atoms with Crippen LogP contribution in [0.3, 0.4) is 0 Å². The Balaban J connectivity index is 2.01. The van der Waals surface area contributed by atoms with Gasteiger partial charge in [0.2, 0.25) is 0 Å². The topological polar surface area (TPSA) is 38.7 Å². The van der Waals surface area contributed by atoms with Crippen LogP contribution in [0.5, 0.6) is 11.5 Å². The van der Waals surface area contributed by atoms with Gasteiger partial charge in [0.1, 0.15) is 13.2 Å². The van der Waals surface area contributed by atoms with Crippen LogP contribution in [-0.2, 0) is 0 Å². The van der Waals surface area contributed by atoms with Crippen molar-refractivity contribution < 1.29 is 27.8 Å². The van der Waals surface area contributed by atoms with Crippen LogP contribution >= 0.6 is 0 Å². The van der Waals surface area contributed by atoms with Gasteiger partial charge in [0, 0.05) is 12.0 Å². The Hall–Kier alpha value is -1.43. The smallest absolute Gasteiger partial charge is 0.389 e. The number of aliphatic hydroxyl groups excluding tert-OH is 1. The normalized spacial score (nSPS) is 16.2. The van der Waals surface area contributed by atoms with E-state index in [-0.39, 0.29) is 12.8 Å². The molecule has 1 atom stereocenters. The minimum absolute atomic E-state index is 0.0410. The molecule has 0 radical (unpaired) electrons. The number of benzene rings is 1. The molecule has 1 aromatic rings. The maximum Gasteiger partial charge on any atom is 0.389 e. The lowest BCUT2D eigenvalue weighted by atomic mass is 10.0. The molecule has 19 heavy (non-hydrogen) atoms. The molecular weight excluding hydrogens is 261 g/mol. The van der Waals surface area contributed by atoms with Gasteiger partial charge in [-0.1, -0.05) is 12.1 Å². The molecule has 1 aromatic carbocycles. The van der Waals surface area contributed by atoms with Gasteiger partial charge >= 0.3 is 6.18 Å². The highest BCUT2D eigenvalue weighted by Gasteiger charge is 2.27. The van der Waals surface area contributed by atoms with Gasteiger partial charge in [0.25, 0.3) is 0 Å². The van der Waals surface area contributed by atoms with Crippen LogP contribution in [0, 0.1) is 0 Å². The molecule has 1 aliphatic rings. The summed E-state index contributed by atoms with van der Waals surface area (Å²) in [6, 6.07) is 5.04. The SMILES string of the molecule is OC(CCCC(F)(F)F)c1cccc2c1OCCO2. The summed E-state index contributed by atoms with van der Waals surface area (Å²) in [6.07, 6.45) is -6.13. The third-order valence-corrected chi connectivity index (χ3v) is 2.89. The second kappa shape index (κ2) is 5.69. The Labute approximate surface area is 108 Å². The van der Waals surface area contributed by atoms with Gasteiger partial charge in [0.15, 0.2) is 11.5 Å². The number of rotatable bonds is 4. The first-order valence-electron chi connectivity index (χ1n) is 6.11. The Kier molecular flexibility index (Phi) is 4.19. The van der Waals surface area contributed by atoms with E-state index < -0.39 is 18.7 Å². The molecule has 0 spiro atoms. The fourth-order valence-corrected chi connectivity index (χ4v) is 2.01. The minimum atomic E-state index is -4.19. The monoisotopic (exact) mass is 276 g/mol. The van der Waals surface area contributed by atoms with Crippen LogP contribution in [0.15, 0.2) is 18.2 Å². The number of ether oxygens (including phenoxy) is 2. The molecule has 0 fully saturated rings. The van der Waals surface area contributed by atoms with Crippen LogP contribution in [0.25, 0.3) is 0 Å². The van der Waals surface area contributed by atoms with E-state index in [1.807, 2.05) is 0 Å². The molecule has 1 N–H and O–H groups in total. The molecule has 0 aromatic heterocycles. The summed E-state index contributed by atoms with van der Waals surface area (Å²) in [4.78, 5) is 0. The maximum absolute atomic E-state index is 12.1. The molecule has 0 amide bonds. The lowest BCUT2D eigenvalue weighted by molar-refractivity contribution is -0.136. The van der Waals surface area contributed by atoms with Gasteiger partial charge in [-0.2, -0.15) is 13.2 Å². The van der Waals surface area contributed by atoms with Crippen molar-refractivity contribution in [1.29, 1.82) is 0 Å². The number of hydrogen-bond donors (Lipinski definition) is 1. The molecule has 1 unspecified atom stereocenters. The lowest BCUT2D eigenvalue weighted by Gasteiger charge is -2.23. The molecule has 0 aliphatic carbocycles. The van der Waals surface area contributed by atoms with E-state index in [0.717, 1.165) is 0 Å². The lowest BCUT2D eigenvalue weighted by Crippen LogP contribution is -2.17. The molecule has 106 valence electrons. The average Bonchev–Trinajstić information content (AvgIpc) is 2.36. The van der Waals surface area contributed by atoms with E-state index in [1.165, 1.54) is 0 Å². The first-order valence-corrected chi connectivity index (χ1v) is 6.11. The summed E-state index contributed by atoms with van der Waals surface area (Å²) in [6.45, 7) is 0.805. The van der Waals surface area contributed by atoms with Crippen molar-refractivity contribution >= 4 is 0 Å². The number of aliphatic hydroxyl groups is 1. The largest absolute Gasteiger partial charge is 0.486 e. The van der Waals surface area contributed by atoms with E-state index in [2.05, 4.69) is 0 Å². The molecule has 3 nitrogen and oxygen atoms in total. The Morgan fingerprint density at radius 1 is 1.21 bits per heavy atom. The molecule has 1 aliphatic heterocycles. The van der Waals surface area contributed by atoms with Gasteiger partial charge in [-0.05, 0) is 18.9 Å². The number of alkyl halides is 3. The summed E-state index contributed by atoms with van der Waals surface area (Å²) in [5.41, 5.74) is 0.486. The van der Waals surface area contributed by atoms with Gasteiger partial charge in [-0.3, -0.25) is 0 Å². The van der Waals surface area contributed by atoms with Gasteiger partial charge in [0.05, 0.1) is 6.10 Å². The molecule has 0 bridgehead atoms. The van der Waals surface area contributed by atoms with Crippen molar-refractivity contribution in [3.8, 4) is 11.5 Å². The fraction of sp³-hybridized carbons (Fsp3) is 0.538. The third-order valence-electron chi connectivity index (χ3n) is 2.89. The summed E-state index contributed by atoms with van der Waals surface area (Å²) in [5.74, 6) is 0.965. The Morgan fingerprint density at radius 2 is 1.95 bits per heavy atom. The second-order valence-electron chi connectivity index (χ2n) is 4.39. The van der Waals surface area contributed by atoms with Crippen LogP contribution in [0.4, 0.5) is 13.2 Å². The molecular formula is C13H15F3O3. The van der Waals surface area contributed by atoms with Gasteiger partial charge in [-0.25, -0.2) is 0 Å². The molecule has 0 saturated carbocycles. The highest BCUT2D eigenvalue weighted by Crippen LogP contribution is 2.38. The third kappa shape index (κ3) is 3.76. The van der Waals surface area contributed by atoms with Crippen LogP contribution in [0.1, 0.15) is 30.9 Å². The standard InChI is InChI=1S/C13H15F3O3/c14-13(15,16)6-2-4-10(17)9-3-1-5-11-12(9)19-8-7-18-11/h1,3,5,10,17H,2,4,6-8H2. The van der Waals surface area contributed by atoms with Crippen LogP contribution in [-0.4, -0.2) is 24.5 Å². The van der Waals surface area contributed by atoms with E-state index in [4.69, 9.17) is 9.47 Å². The average molecular weight is 276 g/mol. The van der Waals surface area contributed by atoms with Crippen molar-refractivity contribution in [2.75, 3.05) is 13.2 Å². The fourth-order valence-electron chi connectivity index (χ4n) is 2.01. The Morgan fingerprint density at radius 3 is 2.68 bits per heavy atom. The zero-order valence-electron chi connectivity index (χ0n) is 10.2. The quantitative estimate of drug-likeness (QED) is 0.917. The molecule has 0 saturated heterocycles. The zero-order chi connectivity index (χ0) is 13.9. The first kappa shape index (κ1) is 14.0. The number of hydrogen-bond acceptors (Lipinski definition) is 3. The maximum atomic E-state index is 12.1. The second-order valence-corrected chi connectivity index (χ2v) is 4.39. The predicted octanol–water partition coefficient (Wildman–Crippen LogP) is 3.22. The number of fused-ring (bicyclic) bond motifs is 1. The van der Waals surface area contributed by atoms with Crippen molar-refractivity contribution in [3.63, 3.8) is 0 Å². The molecule has 1 heterocycles. The number of para-hydroxylation sites is 1. The van der Waals surface area contributed by atoms with Gasteiger partial charge < -0.3 is 14.6 Å². The summed E-state index contributed by atoms with van der Waals surface area (Å²) in [7, 11) is 0. The van der Waals surface area contributed by atoms with E-state index in [0.29, 0.717) is 30.3 Å². The summed E-state index contributed by atoms with van der Waals surface area (Å²) >= 11 is 0. The summed E-state index contributed by atoms with van der Waals surface area (Å²) < 4.78 is 46.9.